The second-order valence-corrected chi connectivity index (χ2v) is 4.16. The highest BCUT2D eigenvalue weighted by Gasteiger charge is 2.10. The topological polar surface area (TPSA) is 61.0 Å². The molecule has 2 rings (SSSR count). The lowest BCUT2D eigenvalue weighted by atomic mass is 10.1. The van der Waals surface area contributed by atoms with Gasteiger partial charge in [0.1, 0.15) is 5.52 Å². The Morgan fingerprint density at radius 1 is 1.47 bits per heavy atom. The molecule has 1 aromatic heterocycles. The molecule has 0 radical (unpaired) electrons. The van der Waals surface area contributed by atoms with Crippen LogP contribution in [0.4, 0.5) is 0 Å². The van der Waals surface area contributed by atoms with E-state index in [2.05, 4.69) is 15.3 Å². The van der Waals surface area contributed by atoms with E-state index in [0.717, 1.165) is 17.6 Å². The fraction of sp³-hybridized carbons (Fsp3) is 0.333. The van der Waals surface area contributed by atoms with Crippen LogP contribution in [0, 0.1) is 0 Å². The van der Waals surface area contributed by atoms with Crippen LogP contribution in [-0.2, 0) is 0 Å². The maximum atomic E-state index is 12.0. The number of carbonyl (C=O) groups is 1. The Hall–Kier alpha value is -1.88. The van der Waals surface area contributed by atoms with Crippen LogP contribution in [0.25, 0.3) is 11.0 Å². The number of amides is 1. The summed E-state index contributed by atoms with van der Waals surface area (Å²) in [6, 6.07) is 5.54. The summed E-state index contributed by atoms with van der Waals surface area (Å²) >= 11 is 0. The van der Waals surface area contributed by atoms with Gasteiger partial charge in [0.25, 0.3) is 5.91 Å². The van der Waals surface area contributed by atoms with E-state index in [1.807, 2.05) is 31.1 Å². The Balaban J connectivity index is 2.11. The zero-order valence-electron chi connectivity index (χ0n) is 10.0. The molecule has 17 heavy (non-hydrogen) atoms. The Morgan fingerprint density at radius 3 is 3.06 bits per heavy atom. The summed E-state index contributed by atoms with van der Waals surface area (Å²) in [6.07, 6.45) is 1.60. The summed E-state index contributed by atoms with van der Waals surface area (Å²) in [6.45, 7) is 1.45. The third-order valence-electron chi connectivity index (χ3n) is 2.54. The van der Waals surface area contributed by atoms with Crippen LogP contribution in [0.15, 0.2) is 24.5 Å². The van der Waals surface area contributed by atoms with E-state index in [1.165, 1.54) is 0 Å². The lowest BCUT2D eigenvalue weighted by Crippen LogP contribution is -2.31. The molecule has 0 aliphatic carbocycles. The highest BCUT2D eigenvalue weighted by molar-refractivity contribution is 6.04. The molecule has 0 aliphatic heterocycles. The van der Waals surface area contributed by atoms with E-state index < -0.39 is 0 Å². The number of H-pyrrole nitrogens is 1. The number of hydrogen-bond acceptors (Lipinski definition) is 3. The predicted octanol–water partition coefficient (Wildman–Crippen LogP) is 0.854. The van der Waals surface area contributed by atoms with Crippen molar-refractivity contribution in [1.82, 2.24) is 20.2 Å². The summed E-state index contributed by atoms with van der Waals surface area (Å²) in [5.41, 5.74) is 2.21. The van der Waals surface area contributed by atoms with Gasteiger partial charge in [-0.1, -0.05) is 6.07 Å². The molecular weight excluding hydrogens is 216 g/mol. The number of aromatic nitrogens is 2. The van der Waals surface area contributed by atoms with Gasteiger partial charge >= 0.3 is 0 Å². The van der Waals surface area contributed by atoms with E-state index >= 15 is 0 Å². The third kappa shape index (κ3) is 2.62. The Labute approximate surface area is 99.8 Å². The number of para-hydroxylation sites is 1. The molecule has 0 fully saturated rings. The SMILES string of the molecule is CN(C)CCNC(=O)c1cccc2[nH]cnc12. The van der Waals surface area contributed by atoms with E-state index in [4.69, 9.17) is 0 Å². The molecule has 5 nitrogen and oxygen atoms in total. The number of nitrogens with zero attached hydrogens (tertiary/aromatic N) is 2. The molecule has 1 aromatic carbocycles. The molecule has 0 atom stereocenters. The van der Waals surface area contributed by atoms with E-state index in [0.29, 0.717) is 12.1 Å². The number of carbonyl (C=O) groups excluding carboxylic acids is 1. The number of aromatic amines is 1. The molecule has 0 bridgehead atoms. The minimum absolute atomic E-state index is 0.0791. The number of likely N-dealkylation sites (N-methyl/N-ethyl adjacent to an activating group) is 1. The Bertz CT molecular complexity index is 518. The summed E-state index contributed by atoms with van der Waals surface area (Å²) in [5.74, 6) is -0.0791. The summed E-state index contributed by atoms with van der Waals surface area (Å²) < 4.78 is 0. The van der Waals surface area contributed by atoms with E-state index in [9.17, 15) is 4.79 Å². The minimum Gasteiger partial charge on any atom is -0.351 e. The minimum atomic E-state index is -0.0791. The molecule has 0 aliphatic rings. The zero-order valence-corrected chi connectivity index (χ0v) is 10.0. The lowest BCUT2D eigenvalue weighted by Gasteiger charge is -2.10. The van der Waals surface area contributed by atoms with Gasteiger partial charge in [0.15, 0.2) is 0 Å². The molecule has 90 valence electrons. The molecule has 0 saturated heterocycles. The van der Waals surface area contributed by atoms with Gasteiger partial charge in [-0.15, -0.1) is 0 Å². The van der Waals surface area contributed by atoms with Crippen LogP contribution in [0.1, 0.15) is 10.4 Å². The van der Waals surface area contributed by atoms with Crippen molar-refractivity contribution in [2.45, 2.75) is 0 Å². The van der Waals surface area contributed by atoms with Crippen molar-refractivity contribution < 1.29 is 4.79 Å². The molecule has 5 heteroatoms. The van der Waals surface area contributed by atoms with Crippen molar-refractivity contribution in [3.8, 4) is 0 Å². The lowest BCUT2D eigenvalue weighted by molar-refractivity contribution is 0.0952. The number of fused-ring (bicyclic) bond motifs is 1. The van der Waals surface area contributed by atoms with Crippen molar-refractivity contribution in [3.05, 3.63) is 30.1 Å². The van der Waals surface area contributed by atoms with Crippen molar-refractivity contribution in [1.29, 1.82) is 0 Å². The molecular formula is C12H16N4O. The number of imidazole rings is 1. The smallest absolute Gasteiger partial charge is 0.253 e. The first kappa shape index (κ1) is 11.6. The molecule has 0 saturated carbocycles. The molecule has 1 amide bonds. The maximum absolute atomic E-state index is 12.0. The van der Waals surface area contributed by atoms with Gasteiger partial charge in [-0.25, -0.2) is 4.98 Å². The number of benzene rings is 1. The fourth-order valence-corrected chi connectivity index (χ4v) is 1.64. The molecule has 0 spiro atoms. The molecule has 0 unspecified atom stereocenters. The van der Waals surface area contributed by atoms with E-state index in [-0.39, 0.29) is 5.91 Å². The second-order valence-electron chi connectivity index (χ2n) is 4.16. The number of rotatable bonds is 4. The van der Waals surface area contributed by atoms with Crippen LogP contribution < -0.4 is 5.32 Å². The van der Waals surface area contributed by atoms with Gasteiger partial charge in [0, 0.05) is 13.1 Å². The first-order chi connectivity index (χ1) is 8.18. The van der Waals surface area contributed by atoms with Crippen LogP contribution in [0.3, 0.4) is 0 Å². The van der Waals surface area contributed by atoms with Crippen molar-refractivity contribution in [2.24, 2.45) is 0 Å². The van der Waals surface area contributed by atoms with Gasteiger partial charge in [-0.05, 0) is 26.2 Å². The standard InChI is InChI=1S/C12H16N4O/c1-16(2)7-6-13-12(17)9-4-3-5-10-11(9)15-8-14-10/h3-5,8H,6-7H2,1-2H3,(H,13,17)(H,14,15). The quantitative estimate of drug-likeness (QED) is 0.821. The van der Waals surface area contributed by atoms with Gasteiger partial charge in [0.05, 0.1) is 17.4 Å². The molecule has 1 heterocycles. The number of hydrogen-bond donors (Lipinski definition) is 2. The van der Waals surface area contributed by atoms with Crippen molar-refractivity contribution >= 4 is 16.9 Å². The Morgan fingerprint density at radius 2 is 2.29 bits per heavy atom. The molecule has 2 N–H and O–H groups in total. The van der Waals surface area contributed by atoms with Crippen LogP contribution in [0.2, 0.25) is 0 Å². The molecule has 2 aromatic rings. The number of nitrogens with one attached hydrogen (secondary N) is 2. The van der Waals surface area contributed by atoms with Crippen LogP contribution >= 0.6 is 0 Å². The van der Waals surface area contributed by atoms with E-state index in [1.54, 1.807) is 12.4 Å². The van der Waals surface area contributed by atoms with Crippen LogP contribution in [0.5, 0.6) is 0 Å². The third-order valence-corrected chi connectivity index (χ3v) is 2.54. The largest absolute Gasteiger partial charge is 0.351 e. The highest BCUT2D eigenvalue weighted by atomic mass is 16.1. The second kappa shape index (κ2) is 4.97. The average Bonchev–Trinajstić information content (AvgIpc) is 2.75. The van der Waals surface area contributed by atoms with Gasteiger partial charge in [0.2, 0.25) is 0 Å². The normalized spacial score (nSPS) is 11.0. The average molecular weight is 232 g/mol. The summed E-state index contributed by atoms with van der Waals surface area (Å²) in [5, 5.41) is 2.88. The van der Waals surface area contributed by atoms with Gasteiger partial charge < -0.3 is 15.2 Å². The zero-order chi connectivity index (χ0) is 12.3. The predicted molar refractivity (Wildman–Crippen MR) is 67.0 cm³/mol. The summed E-state index contributed by atoms with van der Waals surface area (Å²) in [7, 11) is 3.95. The summed E-state index contributed by atoms with van der Waals surface area (Å²) in [4.78, 5) is 21.1. The first-order valence-electron chi connectivity index (χ1n) is 5.53. The fourth-order valence-electron chi connectivity index (χ4n) is 1.64. The van der Waals surface area contributed by atoms with Crippen molar-refractivity contribution in [2.75, 3.05) is 27.2 Å². The van der Waals surface area contributed by atoms with Gasteiger partial charge in [-0.3, -0.25) is 4.79 Å². The first-order valence-corrected chi connectivity index (χ1v) is 5.53. The monoisotopic (exact) mass is 232 g/mol. The van der Waals surface area contributed by atoms with Gasteiger partial charge in [-0.2, -0.15) is 0 Å². The maximum Gasteiger partial charge on any atom is 0.253 e. The van der Waals surface area contributed by atoms with Crippen LogP contribution in [-0.4, -0.2) is 48.0 Å². The van der Waals surface area contributed by atoms with Crippen molar-refractivity contribution in [3.63, 3.8) is 0 Å². The Kier molecular flexibility index (Phi) is 3.39. The highest BCUT2D eigenvalue weighted by Crippen LogP contribution is 2.13.